The van der Waals surface area contributed by atoms with Gasteiger partial charge in [-0.05, 0) is 64.8 Å². The molecule has 0 aliphatic rings. The highest BCUT2D eigenvalue weighted by Gasteiger charge is 2.14. The van der Waals surface area contributed by atoms with E-state index in [1.54, 1.807) is 0 Å². The van der Waals surface area contributed by atoms with Crippen LogP contribution in [0.1, 0.15) is 22.7 Å². The molecule has 3 N–H and O–H groups in total. The lowest BCUT2D eigenvalue weighted by Gasteiger charge is -2.19. The Balaban J connectivity index is 2.28. The van der Waals surface area contributed by atoms with Crippen LogP contribution < -0.4 is 11.3 Å². The second kappa shape index (κ2) is 6.83. The minimum Gasteiger partial charge on any atom is -0.271 e. The lowest BCUT2D eigenvalue weighted by molar-refractivity contribution is 0.549. The Morgan fingerprint density at radius 2 is 2.00 bits per heavy atom. The summed E-state index contributed by atoms with van der Waals surface area (Å²) in [6.07, 6.45) is 0.870. The summed E-state index contributed by atoms with van der Waals surface area (Å²) in [5.41, 5.74) is 6.73. The standard InChI is InChI=1S/C15H16BrIN2/c1-10-4-2-7-13(15(10)17)14(19-18)9-11-5-3-6-12(16)8-11/h2-8,14,19H,9,18H2,1H3. The van der Waals surface area contributed by atoms with Crippen molar-refractivity contribution in [2.75, 3.05) is 0 Å². The fourth-order valence-corrected chi connectivity index (χ4v) is 3.28. The summed E-state index contributed by atoms with van der Waals surface area (Å²) in [4.78, 5) is 0. The van der Waals surface area contributed by atoms with Crippen molar-refractivity contribution in [1.82, 2.24) is 5.43 Å². The molecule has 0 aliphatic heterocycles. The van der Waals surface area contributed by atoms with Crippen LogP contribution >= 0.6 is 38.5 Å². The first-order valence-corrected chi connectivity index (χ1v) is 7.94. The number of hydrogen-bond donors (Lipinski definition) is 2. The minimum atomic E-state index is 0.126. The third-order valence-corrected chi connectivity index (χ3v) is 5.09. The first-order valence-electron chi connectivity index (χ1n) is 6.07. The van der Waals surface area contributed by atoms with Crippen LogP contribution in [0.5, 0.6) is 0 Å². The summed E-state index contributed by atoms with van der Waals surface area (Å²) in [7, 11) is 0. The molecule has 2 rings (SSSR count). The van der Waals surface area contributed by atoms with Gasteiger partial charge in [0.2, 0.25) is 0 Å². The number of halogens is 2. The van der Waals surface area contributed by atoms with Crippen molar-refractivity contribution in [3.63, 3.8) is 0 Å². The molecule has 0 radical (unpaired) electrons. The molecule has 0 saturated carbocycles. The van der Waals surface area contributed by atoms with E-state index in [0.717, 1.165) is 10.9 Å². The van der Waals surface area contributed by atoms with Gasteiger partial charge in [-0.3, -0.25) is 11.3 Å². The van der Waals surface area contributed by atoms with Crippen molar-refractivity contribution < 1.29 is 0 Å². The van der Waals surface area contributed by atoms with Crippen LogP contribution in [0, 0.1) is 10.5 Å². The van der Waals surface area contributed by atoms with Gasteiger partial charge in [0, 0.05) is 8.04 Å². The van der Waals surface area contributed by atoms with Crippen LogP contribution in [0.15, 0.2) is 46.9 Å². The smallest absolute Gasteiger partial charge is 0.0510 e. The maximum absolute atomic E-state index is 5.74. The highest BCUT2D eigenvalue weighted by molar-refractivity contribution is 14.1. The van der Waals surface area contributed by atoms with E-state index in [2.05, 4.69) is 81.2 Å². The summed E-state index contributed by atoms with van der Waals surface area (Å²) >= 11 is 5.89. The molecular weight excluding hydrogens is 415 g/mol. The van der Waals surface area contributed by atoms with Gasteiger partial charge in [-0.25, -0.2) is 0 Å². The summed E-state index contributed by atoms with van der Waals surface area (Å²) in [5.74, 6) is 5.74. The summed E-state index contributed by atoms with van der Waals surface area (Å²) in [6.45, 7) is 2.12. The van der Waals surface area contributed by atoms with Gasteiger partial charge in [0.15, 0.2) is 0 Å². The fourth-order valence-electron chi connectivity index (χ4n) is 2.10. The number of aryl methyl sites for hydroxylation is 1. The highest BCUT2D eigenvalue weighted by atomic mass is 127. The number of rotatable bonds is 4. The maximum atomic E-state index is 5.74. The van der Waals surface area contributed by atoms with E-state index in [1.165, 1.54) is 20.3 Å². The number of hydrogen-bond acceptors (Lipinski definition) is 2. The second-order valence-corrected chi connectivity index (χ2v) is 6.53. The van der Waals surface area contributed by atoms with E-state index >= 15 is 0 Å². The van der Waals surface area contributed by atoms with Crippen molar-refractivity contribution in [1.29, 1.82) is 0 Å². The van der Waals surface area contributed by atoms with Crippen LogP contribution in [-0.4, -0.2) is 0 Å². The molecule has 0 aliphatic carbocycles. The topological polar surface area (TPSA) is 38.0 Å². The molecule has 0 saturated heterocycles. The number of nitrogens with one attached hydrogen (secondary N) is 1. The SMILES string of the molecule is Cc1cccc(C(Cc2cccc(Br)c2)NN)c1I. The lowest BCUT2D eigenvalue weighted by atomic mass is 9.98. The highest BCUT2D eigenvalue weighted by Crippen LogP contribution is 2.26. The van der Waals surface area contributed by atoms with Gasteiger partial charge in [0.1, 0.15) is 0 Å². The van der Waals surface area contributed by atoms with Crippen LogP contribution in [0.3, 0.4) is 0 Å². The lowest BCUT2D eigenvalue weighted by Crippen LogP contribution is -2.30. The fraction of sp³-hybridized carbons (Fsp3) is 0.200. The summed E-state index contributed by atoms with van der Waals surface area (Å²) in [5, 5.41) is 0. The normalized spacial score (nSPS) is 12.4. The Labute approximate surface area is 136 Å². The molecule has 100 valence electrons. The summed E-state index contributed by atoms with van der Waals surface area (Å²) in [6, 6.07) is 14.8. The van der Waals surface area contributed by atoms with Crippen molar-refractivity contribution in [3.8, 4) is 0 Å². The van der Waals surface area contributed by atoms with Gasteiger partial charge in [0.25, 0.3) is 0 Å². The van der Waals surface area contributed by atoms with E-state index in [9.17, 15) is 0 Å². The van der Waals surface area contributed by atoms with Gasteiger partial charge in [-0.15, -0.1) is 0 Å². The molecule has 0 aromatic heterocycles. The minimum absolute atomic E-state index is 0.126. The Morgan fingerprint density at radius 3 is 2.68 bits per heavy atom. The predicted molar refractivity (Wildman–Crippen MR) is 91.8 cm³/mol. The quantitative estimate of drug-likeness (QED) is 0.435. The van der Waals surface area contributed by atoms with E-state index in [-0.39, 0.29) is 6.04 Å². The van der Waals surface area contributed by atoms with Gasteiger partial charge >= 0.3 is 0 Å². The van der Waals surface area contributed by atoms with Crippen LogP contribution in [-0.2, 0) is 6.42 Å². The first-order chi connectivity index (χ1) is 9.11. The average Bonchev–Trinajstić information content (AvgIpc) is 2.40. The molecular formula is C15H16BrIN2. The third kappa shape index (κ3) is 3.78. The zero-order valence-corrected chi connectivity index (χ0v) is 14.4. The maximum Gasteiger partial charge on any atom is 0.0510 e. The molecule has 0 fully saturated rings. The molecule has 2 aromatic rings. The van der Waals surface area contributed by atoms with E-state index < -0.39 is 0 Å². The van der Waals surface area contributed by atoms with Crippen LogP contribution in [0.25, 0.3) is 0 Å². The molecule has 4 heteroatoms. The molecule has 0 bridgehead atoms. The van der Waals surface area contributed by atoms with Gasteiger partial charge in [-0.2, -0.15) is 0 Å². The van der Waals surface area contributed by atoms with E-state index in [1.807, 2.05) is 12.1 Å². The molecule has 0 amide bonds. The predicted octanol–water partition coefficient (Wildman–Crippen LogP) is 4.11. The van der Waals surface area contributed by atoms with Gasteiger partial charge in [0.05, 0.1) is 6.04 Å². The van der Waals surface area contributed by atoms with Crippen molar-refractivity contribution in [3.05, 3.63) is 67.2 Å². The molecule has 19 heavy (non-hydrogen) atoms. The van der Waals surface area contributed by atoms with Crippen molar-refractivity contribution in [2.24, 2.45) is 5.84 Å². The molecule has 2 aromatic carbocycles. The number of nitrogens with two attached hydrogens (primary N) is 1. The zero-order valence-electron chi connectivity index (χ0n) is 10.7. The molecule has 1 unspecified atom stereocenters. The Bertz CT molecular complexity index is 572. The van der Waals surface area contributed by atoms with Crippen LogP contribution in [0.2, 0.25) is 0 Å². The number of benzene rings is 2. The largest absolute Gasteiger partial charge is 0.271 e. The summed E-state index contributed by atoms with van der Waals surface area (Å²) < 4.78 is 2.37. The molecule has 1 atom stereocenters. The first kappa shape index (κ1) is 15.0. The Morgan fingerprint density at radius 1 is 1.26 bits per heavy atom. The Hall–Kier alpha value is -0.430. The van der Waals surface area contributed by atoms with Gasteiger partial charge < -0.3 is 0 Å². The third-order valence-electron chi connectivity index (χ3n) is 3.13. The van der Waals surface area contributed by atoms with Gasteiger partial charge in [-0.1, -0.05) is 46.3 Å². The van der Waals surface area contributed by atoms with E-state index in [4.69, 9.17) is 5.84 Å². The molecule has 0 spiro atoms. The number of hydrazine groups is 1. The Kier molecular flexibility index (Phi) is 5.38. The van der Waals surface area contributed by atoms with Crippen molar-refractivity contribution in [2.45, 2.75) is 19.4 Å². The molecule has 2 nitrogen and oxygen atoms in total. The molecule has 0 heterocycles. The zero-order chi connectivity index (χ0) is 13.8. The second-order valence-electron chi connectivity index (χ2n) is 4.53. The van der Waals surface area contributed by atoms with Crippen LogP contribution in [0.4, 0.5) is 0 Å². The average molecular weight is 431 g/mol. The monoisotopic (exact) mass is 430 g/mol. The van der Waals surface area contributed by atoms with E-state index in [0.29, 0.717) is 0 Å². The van der Waals surface area contributed by atoms with Crippen molar-refractivity contribution >= 4 is 38.5 Å².